The lowest BCUT2D eigenvalue weighted by molar-refractivity contribution is 0.0957. The van der Waals surface area contributed by atoms with Crippen molar-refractivity contribution in [1.29, 1.82) is 0 Å². The maximum atomic E-state index is 13.0. The van der Waals surface area contributed by atoms with Gasteiger partial charge in [0.05, 0.1) is 18.4 Å². The normalized spacial score (nSPS) is 16.2. The van der Waals surface area contributed by atoms with Crippen LogP contribution in [0.1, 0.15) is 23.0 Å². The summed E-state index contributed by atoms with van der Waals surface area (Å²) in [5.41, 5.74) is 2.95. The summed E-state index contributed by atoms with van der Waals surface area (Å²) in [4.78, 5) is 27.5. The zero-order valence-corrected chi connectivity index (χ0v) is 14.7. The molecule has 1 aromatic carbocycles. The number of benzene rings is 1. The number of rotatable bonds is 2. The summed E-state index contributed by atoms with van der Waals surface area (Å²) in [6.07, 6.45) is 4.79. The summed E-state index contributed by atoms with van der Waals surface area (Å²) < 4.78 is 5.87. The van der Waals surface area contributed by atoms with Gasteiger partial charge in [0.2, 0.25) is 0 Å². The van der Waals surface area contributed by atoms with Crippen LogP contribution in [-0.4, -0.2) is 33.5 Å². The molecule has 0 saturated carbocycles. The van der Waals surface area contributed by atoms with Crippen LogP contribution in [0, 0.1) is 6.92 Å². The summed E-state index contributed by atoms with van der Waals surface area (Å²) >= 11 is 1.39. The molecule has 25 heavy (non-hydrogen) atoms. The molecule has 6 nitrogen and oxygen atoms in total. The lowest BCUT2D eigenvalue weighted by atomic mass is 10.1. The monoisotopic (exact) mass is 352 g/mol. The Hall–Kier alpha value is -2.80. The standard InChI is InChI=1S/C18H16N4O2S/c1-11-3-4-15-16(7-11)24-12(2)9-22(15)18(23)14-10-25-17(21-14)13-8-19-5-6-20-13/h3-8,10,12H,9H2,1-2H3/t12-/m1/s1. The molecule has 7 heteroatoms. The number of aryl methyl sites for hydroxylation is 1. The van der Waals surface area contributed by atoms with E-state index in [1.165, 1.54) is 11.3 Å². The fourth-order valence-corrected chi connectivity index (χ4v) is 3.53. The smallest absolute Gasteiger partial charge is 0.278 e. The van der Waals surface area contributed by atoms with Crippen LogP contribution in [0.25, 0.3) is 10.7 Å². The second-order valence-corrected chi connectivity index (χ2v) is 6.80. The number of fused-ring (bicyclic) bond motifs is 1. The number of anilines is 1. The topological polar surface area (TPSA) is 68.2 Å². The Bertz CT molecular complexity index is 926. The van der Waals surface area contributed by atoms with E-state index in [0.717, 1.165) is 17.0 Å². The van der Waals surface area contributed by atoms with Crippen LogP contribution in [0.2, 0.25) is 0 Å². The lowest BCUT2D eigenvalue weighted by Gasteiger charge is -2.33. The zero-order valence-electron chi connectivity index (χ0n) is 13.8. The Labute approximate surface area is 149 Å². The van der Waals surface area contributed by atoms with Crippen molar-refractivity contribution in [1.82, 2.24) is 15.0 Å². The van der Waals surface area contributed by atoms with Gasteiger partial charge in [-0.25, -0.2) is 4.98 Å². The van der Waals surface area contributed by atoms with Gasteiger partial charge in [-0.3, -0.25) is 19.7 Å². The zero-order chi connectivity index (χ0) is 17.4. The molecule has 0 fully saturated rings. The molecule has 1 aliphatic rings. The van der Waals surface area contributed by atoms with E-state index in [-0.39, 0.29) is 12.0 Å². The maximum absolute atomic E-state index is 13.0. The van der Waals surface area contributed by atoms with Crippen LogP contribution in [0.3, 0.4) is 0 Å². The van der Waals surface area contributed by atoms with Gasteiger partial charge in [0.1, 0.15) is 28.2 Å². The summed E-state index contributed by atoms with van der Waals surface area (Å²) in [7, 11) is 0. The predicted octanol–water partition coefficient (Wildman–Crippen LogP) is 3.34. The van der Waals surface area contributed by atoms with E-state index in [9.17, 15) is 4.79 Å². The van der Waals surface area contributed by atoms with E-state index in [4.69, 9.17) is 4.74 Å². The van der Waals surface area contributed by atoms with Crippen molar-refractivity contribution in [2.45, 2.75) is 20.0 Å². The van der Waals surface area contributed by atoms with Crippen molar-refractivity contribution >= 4 is 22.9 Å². The largest absolute Gasteiger partial charge is 0.487 e. The minimum Gasteiger partial charge on any atom is -0.487 e. The third kappa shape index (κ3) is 2.98. The maximum Gasteiger partial charge on any atom is 0.278 e. The minimum atomic E-state index is -0.133. The third-order valence-electron chi connectivity index (χ3n) is 3.92. The van der Waals surface area contributed by atoms with E-state index < -0.39 is 0 Å². The Balaban J connectivity index is 1.67. The molecular formula is C18H16N4O2S. The molecule has 0 spiro atoms. The molecule has 3 heterocycles. The number of carbonyl (C=O) groups excluding carboxylic acids is 1. The Kier molecular flexibility index (Phi) is 3.93. The molecule has 0 unspecified atom stereocenters. The van der Waals surface area contributed by atoms with E-state index in [1.807, 2.05) is 32.0 Å². The van der Waals surface area contributed by atoms with Gasteiger partial charge in [-0.05, 0) is 31.5 Å². The summed E-state index contributed by atoms with van der Waals surface area (Å²) in [5.74, 6) is 0.600. The van der Waals surface area contributed by atoms with Crippen molar-refractivity contribution in [2.75, 3.05) is 11.4 Å². The molecule has 1 aliphatic heterocycles. The number of thiazole rings is 1. The summed E-state index contributed by atoms with van der Waals surface area (Å²) in [6.45, 7) is 4.45. The number of hydrogen-bond donors (Lipinski definition) is 0. The van der Waals surface area contributed by atoms with Gasteiger partial charge in [0.25, 0.3) is 5.91 Å². The van der Waals surface area contributed by atoms with Crippen LogP contribution in [0.5, 0.6) is 5.75 Å². The van der Waals surface area contributed by atoms with Crippen molar-refractivity contribution in [3.63, 3.8) is 0 Å². The van der Waals surface area contributed by atoms with Crippen LogP contribution in [-0.2, 0) is 0 Å². The SMILES string of the molecule is Cc1ccc2c(c1)O[C@H](C)CN2C(=O)c1csc(-c2cnccn2)n1. The van der Waals surface area contributed by atoms with Gasteiger partial charge in [-0.2, -0.15) is 0 Å². The molecule has 4 rings (SSSR count). The third-order valence-corrected chi connectivity index (χ3v) is 4.79. The Morgan fingerprint density at radius 3 is 3.04 bits per heavy atom. The van der Waals surface area contributed by atoms with Gasteiger partial charge >= 0.3 is 0 Å². The number of ether oxygens (including phenoxy) is 1. The molecule has 1 atom stereocenters. The molecule has 2 aromatic heterocycles. The van der Waals surface area contributed by atoms with Crippen molar-refractivity contribution in [3.05, 3.63) is 53.4 Å². The van der Waals surface area contributed by atoms with Crippen LogP contribution in [0.15, 0.2) is 42.2 Å². The molecule has 0 aliphatic carbocycles. The molecule has 3 aromatic rings. The molecule has 0 saturated heterocycles. The van der Waals surface area contributed by atoms with Crippen molar-refractivity contribution in [2.24, 2.45) is 0 Å². The van der Waals surface area contributed by atoms with Crippen LogP contribution >= 0.6 is 11.3 Å². The molecule has 0 N–H and O–H groups in total. The van der Waals surface area contributed by atoms with E-state index >= 15 is 0 Å². The van der Waals surface area contributed by atoms with Crippen molar-refractivity contribution in [3.8, 4) is 16.5 Å². The fourth-order valence-electron chi connectivity index (χ4n) is 2.78. The average Bonchev–Trinajstić information content (AvgIpc) is 3.11. The lowest BCUT2D eigenvalue weighted by Crippen LogP contribution is -2.42. The van der Waals surface area contributed by atoms with Gasteiger partial charge in [0.15, 0.2) is 0 Å². The number of carbonyl (C=O) groups is 1. The highest BCUT2D eigenvalue weighted by molar-refractivity contribution is 7.13. The quantitative estimate of drug-likeness (QED) is 0.707. The Morgan fingerprint density at radius 1 is 1.36 bits per heavy atom. The van der Waals surface area contributed by atoms with Gasteiger partial charge in [-0.1, -0.05) is 6.07 Å². The van der Waals surface area contributed by atoms with Crippen molar-refractivity contribution < 1.29 is 9.53 Å². The highest BCUT2D eigenvalue weighted by Gasteiger charge is 2.29. The van der Waals surface area contributed by atoms with E-state index in [1.54, 1.807) is 28.9 Å². The first-order valence-electron chi connectivity index (χ1n) is 7.93. The van der Waals surface area contributed by atoms with E-state index in [0.29, 0.717) is 22.9 Å². The fraction of sp³-hybridized carbons (Fsp3) is 0.222. The molecule has 126 valence electrons. The van der Waals surface area contributed by atoms with Gasteiger partial charge < -0.3 is 4.74 Å². The molecule has 0 bridgehead atoms. The number of nitrogens with zero attached hydrogens (tertiary/aromatic N) is 4. The van der Waals surface area contributed by atoms with E-state index in [2.05, 4.69) is 15.0 Å². The predicted molar refractivity (Wildman–Crippen MR) is 96.1 cm³/mol. The van der Waals surface area contributed by atoms with Gasteiger partial charge in [0, 0.05) is 17.8 Å². The number of amides is 1. The highest BCUT2D eigenvalue weighted by Crippen LogP contribution is 2.35. The minimum absolute atomic E-state index is 0.0728. The van der Waals surface area contributed by atoms with Crippen LogP contribution < -0.4 is 9.64 Å². The summed E-state index contributed by atoms with van der Waals surface area (Å²) in [6, 6.07) is 5.85. The first-order chi connectivity index (χ1) is 12.1. The molecular weight excluding hydrogens is 336 g/mol. The average molecular weight is 352 g/mol. The second-order valence-electron chi connectivity index (χ2n) is 5.94. The first kappa shape index (κ1) is 15.7. The first-order valence-corrected chi connectivity index (χ1v) is 8.81. The summed E-state index contributed by atoms with van der Waals surface area (Å²) in [5, 5.41) is 2.45. The highest BCUT2D eigenvalue weighted by atomic mass is 32.1. The second kappa shape index (κ2) is 6.25. The Morgan fingerprint density at radius 2 is 2.24 bits per heavy atom. The van der Waals surface area contributed by atoms with Gasteiger partial charge in [-0.15, -0.1) is 11.3 Å². The number of hydrogen-bond acceptors (Lipinski definition) is 6. The van der Waals surface area contributed by atoms with Crippen LogP contribution in [0.4, 0.5) is 5.69 Å². The molecule has 0 radical (unpaired) electrons. The molecule has 1 amide bonds. The number of aromatic nitrogens is 3.